The van der Waals surface area contributed by atoms with Crippen molar-refractivity contribution in [2.24, 2.45) is 24.3 Å². The summed E-state index contributed by atoms with van der Waals surface area (Å²) in [4.78, 5) is 5.09. The maximum atomic E-state index is 4.36. The molecule has 1 aromatic carbocycles. The third kappa shape index (κ3) is 5.46. The fraction of sp³-hybridized carbons (Fsp3) is 0.600. The lowest BCUT2D eigenvalue weighted by Gasteiger charge is -2.51. The molecule has 0 aliphatic carbocycles. The van der Waals surface area contributed by atoms with Crippen molar-refractivity contribution in [3.05, 3.63) is 30.6 Å². The summed E-state index contributed by atoms with van der Waals surface area (Å²) in [7, 11) is 3.78. The number of fused-ring (bicyclic) bond motifs is 3. The lowest BCUT2D eigenvalue weighted by molar-refractivity contribution is -0.939. The lowest BCUT2D eigenvalue weighted by atomic mass is 10.1. The standard InChI is InChI=1S/C20H32N8.2BrH/c1-4-27(12-16-28-13-9-26(10-14-28)11-15-28)19-7-5-18(6-8-19)22-23-20-24(2)17-21-25(20)3;;/h5-8,17H,4,9-16H2,1-3H3;2*1H/q+2;;/p-2. The van der Waals surface area contributed by atoms with Gasteiger partial charge in [0.15, 0.2) is 0 Å². The molecule has 0 unspecified atom stereocenters. The van der Waals surface area contributed by atoms with E-state index in [1.165, 1.54) is 56.0 Å². The van der Waals surface area contributed by atoms with E-state index < -0.39 is 0 Å². The summed E-state index contributed by atoms with van der Waals surface area (Å²) in [5, 5.41) is 12.8. The Hall–Kier alpha value is -1.36. The van der Waals surface area contributed by atoms with Gasteiger partial charge in [-0.05, 0) is 36.3 Å². The molecule has 2 aromatic rings. The lowest BCUT2D eigenvalue weighted by Crippen LogP contribution is -3.00. The van der Waals surface area contributed by atoms with Crippen LogP contribution in [0.25, 0.3) is 0 Å². The Bertz CT molecular complexity index is 795. The number of halogens is 2. The summed E-state index contributed by atoms with van der Waals surface area (Å²) >= 11 is 0. The minimum Gasteiger partial charge on any atom is -1.00 e. The van der Waals surface area contributed by atoms with Crippen LogP contribution in [-0.4, -0.2) is 78.1 Å². The van der Waals surface area contributed by atoms with Gasteiger partial charge in [-0.15, -0.1) is 4.68 Å². The molecule has 0 atom stereocenters. The number of likely N-dealkylation sites (N-methyl/N-ethyl adjacent to an activating group) is 1. The van der Waals surface area contributed by atoms with E-state index in [0.717, 1.165) is 24.7 Å². The van der Waals surface area contributed by atoms with E-state index in [4.69, 9.17) is 0 Å². The van der Waals surface area contributed by atoms with Gasteiger partial charge >= 0.3 is 5.95 Å². The Kier molecular flexibility index (Phi) is 8.96. The second-order valence-corrected chi connectivity index (χ2v) is 8.04. The van der Waals surface area contributed by atoms with Crippen LogP contribution in [-0.2, 0) is 14.1 Å². The molecular weight excluding hydrogens is 512 g/mol. The largest absolute Gasteiger partial charge is 1.00 e. The number of aromatic nitrogens is 3. The average molecular weight is 544 g/mol. The van der Waals surface area contributed by atoms with Crippen LogP contribution in [0, 0.1) is 0 Å². The predicted molar refractivity (Wildman–Crippen MR) is 109 cm³/mol. The second-order valence-electron chi connectivity index (χ2n) is 8.04. The second kappa shape index (κ2) is 10.8. The number of anilines is 1. The Balaban J connectivity index is 0.00000160. The van der Waals surface area contributed by atoms with Gasteiger partial charge in [0.25, 0.3) is 0 Å². The van der Waals surface area contributed by atoms with Gasteiger partial charge in [0.2, 0.25) is 6.33 Å². The molecule has 3 aliphatic heterocycles. The van der Waals surface area contributed by atoms with E-state index in [0.29, 0.717) is 0 Å². The smallest absolute Gasteiger partial charge is 0.403 e. The normalized spacial score (nSPS) is 22.6. The molecule has 166 valence electrons. The molecule has 5 rings (SSSR count). The molecule has 8 nitrogen and oxygen atoms in total. The van der Waals surface area contributed by atoms with Gasteiger partial charge in [-0.1, -0.05) is 5.11 Å². The van der Waals surface area contributed by atoms with E-state index in [1.807, 2.05) is 30.8 Å². The Morgan fingerprint density at radius 3 is 2.23 bits per heavy atom. The topological polar surface area (TPSA) is 52.9 Å². The number of azo groups is 1. The zero-order chi connectivity index (χ0) is 19.6. The quantitative estimate of drug-likeness (QED) is 0.201. The molecule has 10 heteroatoms. The van der Waals surface area contributed by atoms with Crippen LogP contribution in [0.2, 0.25) is 0 Å². The summed E-state index contributed by atoms with van der Waals surface area (Å²) in [5.41, 5.74) is 2.12. The highest BCUT2D eigenvalue weighted by atomic mass is 79.9. The highest BCUT2D eigenvalue weighted by Gasteiger charge is 2.38. The molecule has 0 spiro atoms. The van der Waals surface area contributed by atoms with Crippen LogP contribution in [0.5, 0.6) is 0 Å². The number of rotatable bonds is 7. The molecule has 3 aliphatic rings. The van der Waals surface area contributed by atoms with Gasteiger partial charge in [0, 0.05) is 37.0 Å². The maximum absolute atomic E-state index is 4.36. The number of nitrogens with zero attached hydrogens (tertiary/aromatic N) is 8. The number of hydrogen-bond donors (Lipinski definition) is 0. The van der Waals surface area contributed by atoms with Crippen molar-refractivity contribution in [2.75, 3.05) is 63.8 Å². The van der Waals surface area contributed by atoms with Crippen LogP contribution in [0.1, 0.15) is 6.92 Å². The van der Waals surface area contributed by atoms with Gasteiger partial charge in [-0.25, -0.2) is 4.57 Å². The molecule has 2 bridgehead atoms. The highest BCUT2D eigenvalue weighted by molar-refractivity contribution is 5.52. The fourth-order valence-corrected chi connectivity index (χ4v) is 4.32. The highest BCUT2D eigenvalue weighted by Crippen LogP contribution is 2.23. The minimum absolute atomic E-state index is 0. The minimum atomic E-state index is 0. The summed E-state index contributed by atoms with van der Waals surface area (Å²) in [6.07, 6.45) is 1.73. The van der Waals surface area contributed by atoms with Crippen molar-refractivity contribution in [1.29, 1.82) is 0 Å². The summed E-state index contributed by atoms with van der Waals surface area (Å²) in [6.45, 7) is 13.4. The average Bonchev–Trinajstić information content (AvgIpc) is 3.06. The monoisotopic (exact) mass is 542 g/mol. The first-order chi connectivity index (χ1) is 13.6. The third-order valence-electron chi connectivity index (χ3n) is 6.37. The van der Waals surface area contributed by atoms with Crippen molar-refractivity contribution < 1.29 is 43.0 Å². The van der Waals surface area contributed by atoms with Gasteiger partial charge in [0.1, 0.15) is 0 Å². The molecule has 0 N–H and O–H groups in total. The van der Waals surface area contributed by atoms with E-state index >= 15 is 0 Å². The van der Waals surface area contributed by atoms with Crippen molar-refractivity contribution >= 4 is 17.3 Å². The molecule has 3 saturated heterocycles. The van der Waals surface area contributed by atoms with E-state index in [9.17, 15) is 0 Å². The SMILES string of the molecule is CCN(CC[N+]12CCN(CC1)CC2)c1ccc(N=Nc2n(C)nc[n+]2C)cc1.[Br-].[Br-]. The van der Waals surface area contributed by atoms with Gasteiger partial charge in [-0.3, -0.25) is 4.90 Å². The van der Waals surface area contributed by atoms with Crippen LogP contribution in [0.3, 0.4) is 0 Å². The molecule has 0 radical (unpaired) electrons. The Labute approximate surface area is 200 Å². The van der Waals surface area contributed by atoms with E-state index in [-0.39, 0.29) is 34.0 Å². The zero-order valence-corrected chi connectivity index (χ0v) is 21.3. The number of piperazine rings is 3. The zero-order valence-electron chi connectivity index (χ0n) is 18.1. The first kappa shape index (κ1) is 24.9. The predicted octanol–water partition coefficient (Wildman–Crippen LogP) is -4.36. The van der Waals surface area contributed by atoms with Crippen molar-refractivity contribution in [3.8, 4) is 0 Å². The van der Waals surface area contributed by atoms with Crippen LogP contribution < -0.4 is 43.4 Å². The van der Waals surface area contributed by atoms with Gasteiger partial charge in [-0.2, -0.15) is 0 Å². The summed E-state index contributed by atoms with van der Waals surface area (Å²) in [5.74, 6) is 0.717. The van der Waals surface area contributed by atoms with Crippen LogP contribution in [0.4, 0.5) is 17.3 Å². The molecule has 3 fully saturated rings. The van der Waals surface area contributed by atoms with Crippen molar-refractivity contribution in [1.82, 2.24) is 14.7 Å². The Morgan fingerprint density at radius 2 is 1.70 bits per heavy atom. The number of quaternary nitrogens is 1. The molecule has 30 heavy (non-hydrogen) atoms. The molecule has 0 amide bonds. The molecule has 1 aromatic heterocycles. The van der Waals surface area contributed by atoms with E-state index in [2.05, 4.69) is 44.2 Å². The first-order valence-corrected chi connectivity index (χ1v) is 10.3. The Morgan fingerprint density at radius 1 is 1.07 bits per heavy atom. The first-order valence-electron chi connectivity index (χ1n) is 10.3. The van der Waals surface area contributed by atoms with Crippen LogP contribution in [0.15, 0.2) is 40.8 Å². The van der Waals surface area contributed by atoms with E-state index in [1.54, 1.807) is 11.0 Å². The van der Waals surface area contributed by atoms with Gasteiger partial charge in [0.05, 0.1) is 52.5 Å². The van der Waals surface area contributed by atoms with Crippen LogP contribution >= 0.6 is 0 Å². The van der Waals surface area contributed by atoms with Crippen molar-refractivity contribution in [2.45, 2.75) is 6.92 Å². The molecule has 0 saturated carbocycles. The summed E-state index contributed by atoms with van der Waals surface area (Å²) < 4.78 is 4.87. The molecule has 4 heterocycles. The van der Waals surface area contributed by atoms with Crippen molar-refractivity contribution in [3.63, 3.8) is 0 Å². The fourth-order valence-electron chi connectivity index (χ4n) is 4.32. The number of hydrogen-bond acceptors (Lipinski definition) is 5. The maximum Gasteiger partial charge on any atom is 0.403 e. The number of benzene rings is 1. The third-order valence-corrected chi connectivity index (χ3v) is 6.37. The summed E-state index contributed by atoms with van der Waals surface area (Å²) in [6, 6.07) is 8.42. The van der Waals surface area contributed by atoms with Gasteiger partial charge < -0.3 is 43.3 Å². The number of aryl methyl sites for hydroxylation is 2. The molecular formula is C20H32Br2N8.